The summed E-state index contributed by atoms with van der Waals surface area (Å²) in [5.74, 6) is 0.294. The Kier molecular flexibility index (Phi) is 5.20. The van der Waals surface area contributed by atoms with Crippen molar-refractivity contribution in [2.24, 2.45) is 4.99 Å². The van der Waals surface area contributed by atoms with Crippen LogP contribution in [0.25, 0.3) is 11.1 Å². The van der Waals surface area contributed by atoms with Crippen molar-refractivity contribution >= 4 is 34.6 Å². The molecule has 2 aromatic carbocycles. The van der Waals surface area contributed by atoms with Crippen molar-refractivity contribution in [3.8, 4) is 11.1 Å². The Morgan fingerprint density at radius 3 is 2.55 bits per heavy atom. The van der Waals surface area contributed by atoms with Gasteiger partial charge in [0.05, 0.1) is 23.5 Å². The Morgan fingerprint density at radius 1 is 1.03 bits per heavy atom. The average Bonchev–Trinajstić information content (AvgIpc) is 2.86. The number of hydrogen-bond acceptors (Lipinski definition) is 3. The molecule has 0 atom stereocenters. The van der Waals surface area contributed by atoms with E-state index < -0.39 is 0 Å². The molecule has 146 valence electrons. The number of halogens is 1. The van der Waals surface area contributed by atoms with E-state index in [4.69, 9.17) is 16.6 Å². The monoisotopic (exact) mass is 403 g/mol. The summed E-state index contributed by atoms with van der Waals surface area (Å²) in [6.45, 7) is 6.19. The van der Waals surface area contributed by atoms with Gasteiger partial charge in [0.25, 0.3) is 0 Å². The first-order valence-electron chi connectivity index (χ1n) is 9.65. The second-order valence-corrected chi connectivity index (χ2v) is 8.02. The lowest BCUT2D eigenvalue weighted by molar-refractivity contribution is -0.115. The van der Waals surface area contributed by atoms with Crippen molar-refractivity contribution in [3.05, 3.63) is 76.6 Å². The molecule has 0 saturated carbocycles. The lowest BCUT2D eigenvalue weighted by atomic mass is 9.99. The molecule has 0 aliphatic carbocycles. The fourth-order valence-corrected chi connectivity index (χ4v) is 3.52. The van der Waals surface area contributed by atoms with E-state index >= 15 is 0 Å². The second-order valence-electron chi connectivity index (χ2n) is 7.61. The smallest absolute Gasteiger partial charge is 0.230 e. The number of nitrogens with one attached hydrogen (secondary N) is 1. The molecule has 1 N–H and O–H groups in total. The quantitative estimate of drug-likeness (QED) is 0.558. The molecule has 0 saturated heterocycles. The van der Waals surface area contributed by atoms with Crippen LogP contribution in [0.2, 0.25) is 5.02 Å². The number of aliphatic imine (C=N–C) groups is 1. The van der Waals surface area contributed by atoms with E-state index in [2.05, 4.69) is 42.3 Å². The maximum Gasteiger partial charge on any atom is 0.230 e. The van der Waals surface area contributed by atoms with Crippen LogP contribution in [0.15, 0.2) is 59.7 Å². The Labute approximate surface area is 175 Å². The van der Waals surface area contributed by atoms with E-state index in [1.54, 1.807) is 6.07 Å². The van der Waals surface area contributed by atoms with Gasteiger partial charge in [0.1, 0.15) is 0 Å². The van der Waals surface area contributed by atoms with Gasteiger partial charge in [-0.2, -0.15) is 0 Å². The summed E-state index contributed by atoms with van der Waals surface area (Å²) >= 11 is 6.21. The van der Waals surface area contributed by atoms with Crippen molar-refractivity contribution in [3.63, 3.8) is 0 Å². The predicted octanol–water partition coefficient (Wildman–Crippen LogP) is 6.30. The van der Waals surface area contributed by atoms with Gasteiger partial charge < -0.3 is 5.32 Å². The lowest BCUT2D eigenvalue weighted by Crippen LogP contribution is -2.15. The Hall–Kier alpha value is -2.98. The summed E-state index contributed by atoms with van der Waals surface area (Å²) in [4.78, 5) is 21.8. The maximum atomic E-state index is 12.4. The first kappa shape index (κ1) is 19.3. The Balaban J connectivity index is 1.74. The van der Waals surface area contributed by atoms with Crippen molar-refractivity contribution in [1.29, 1.82) is 0 Å². The van der Waals surface area contributed by atoms with Crippen LogP contribution < -0.4 is 5.32 Å². The van der Waals surface area contributed by atoms with Gasteiger partial charge in [-0.15, -0.1) is 0 Å². The summed E-state index contributed by atoms with van der Waals surface area (Å²) in [5, 5.41) is 3.52. The third-order valence-electron chi connectivity index (χ3n) is 5.04. The van der Waals surface area contributed by atoms with Crippen molar-refractivity contribution in [1.82, 2.24) is 4.98 Å². The lowest BCUT2D eigenvalue weighted by Gasteiger charge is -2.09. The van der Waals surface area contributed by atoms with E-state index in [1.807, 2.05) is 37.4 Å². The minimum absolute atomic E-state index is 0.101. The van der Waals surface area contributed by atoms with Gasteiger partial charge in [-0.1, -0.05) is 49.7 Å². The first-order valence-corrected chi connectivity index (χ1v) is 10.0. The van der Waals surface area contributed by atoms with Gasteiger partial charge in [-0.25, -0.2) is 0 Å². The number of amides is 1. The summed E-state index contributed by atoms with van der Waals surface area (Å²) in [7, 11) is 0. The number of nitrogens with zero attached hydrogens (tertiary/aromatic N) is 2. The van der Waals surface area contributed by atoms with Crippen LogP contribution in [0.4, 0.5) is 11.4 Å². The topological polar surface area (TPSA) is 54.4 Å². The van der Waals surface area contributed by atoms with E-state index in [1.165, 1.54) is 0 Å². The number of aryl methyl sites for hydroxylation is 1. The van der Waals surface area contributed by atoms with Crippen LogP contribution in [0.1, 0.15) is 43.0 Å². The zero-order valence-electron chi connectivity index (χ0n) is 16.7. The third kappa shape index (κ3) is 4.08. The van der Waals surface area contributed by atoms with Gasteiger partial charge in [-0.05, 0) is 53.8 Å². The maximum absolute atomic E-state index is 12.4. The second kappa shape index (κ2) is 7.80. The number of fused-ring (bicyclic) bond motifs is 1. The summed E-state index contributed by atoms with van der Waals surface area (Å²) in [5.41, 5.74) is 7.10. The number of anilines is 1. The summed E-state index contributed by atoms with van der Waals surface area (Å²) in [6.07, 6.45) is 2.11. The molecule has 29 heavy (non-hydrogen) atoms. The van der Waals surface area contributed by atoms with Crippen LogP contribution in [0, 0.1) is 6.92 Å². The minimum Gasteiger partial charge on any atom is -0.324 e. The molecule has 1 aliphatic heterocycles. The standard InChI is InChI=1S/C24H22ClN3O/c1-14(2)20-8-7-18(13-26-20)16-5-4-6-17(10-16)21-12-24(29)28-23-11-19(25)15(3)9-22(23)27-21/h4-11,13-14H,12H2,1-3H3,(H,28,29). The van der Waals surface area contributed by atoms with E-state index in [0.717, 1.165) is 39.3 Å². The molecule has 4 nitrogen and oxygen atoms in total. The van der Waals surface area contributed by atoms with E-state index in [9.17, 15) is 4.79 Å². The summed E-state index contributed by atoms with van der Waals surface area (Å²) in [6, 6.07) is 15.9. The first-order chi connectivity index (χ1) is 13.9. The minimum atomic E-state index is -0.101. The SMILES string of the molecule is Cc1cc2c(cc1Cl)NC(=O)CC(c1cccc(-c3ccc(C(C)C)nc3)c1)=N2. The van der Waals surface area contributed by atoms with Gasteiger partial charge >= 0.3 is 0 Å². The Bertz CT molecular complexity index is 1120. The highest BCUT2D eigenvalue weighted by Gasteiger charge is 2.18. The average molecular weight is 404 g/mol. The molecule has 3 aromatic rings. The van der Waals surface area contributed by atoms with Crippen molar-refractivity contribution < 1.29 is 4.79 Å². The van der Waals surface area contributed by atoms with Crippen molar-refractivity contribution in [2.75, 3.05) is 5.32 Å². The number of rotatable bonds is 3. The van der Waals surface area contributed by atoms with Crippen LogP contribution in [0.5, 0.6) is 0 Å². The fraction of sp³-hybridized carbons (Fsp3) is 0.208. The largest absolute Gasteiger partial charge is 0.324 e. The van der Waals surface area contributed by atoms with E-state index in [0.29, 0.717) is 16.6 Å². The molecule has 0 unspecified atom stereocenters. The number of carbonyl (C=O) groups is 1. The molecule has 1 aromatic heterocycles. The van der Waals surface area contributed by atoms with Crippen molar-refractivity contribution in [2.45, 2.75) is 33.1 Å². The molecular weight excluding hydrogens is 382 g/mol. The normalized spacial score (nSPS) is 13.6. The molecule has 0 bridgehead atoms. The number of benzene rings is 2. The predicted molar refractivity (Wildman–Crippen MR) is 119 cm³/mol. The van der Waals surface area contributed by atoms with Crippen LogP contribution >= 0.6 is 11.6 Å². The van der Waals surface area contributed by atoms with Gasteiger partial charge in [0.2, 0.25) is 5.91 Å². The summed E-state index contributed by atoms with van der Waals surface area (Å²) < 4.78 is 0. The van der Waals surface area contributed by atoms with E-state index in [-0.39, 0.29) is 12.3 Å². The van der Waals surface area contributed by atoms with Gasteiger partial charge in [-0.3, -0.25) is 14.8 Å². The highest BCUT2D eigenvalue weighted by molar-refractivity contribution is 6.32. The molecule has 5 heteroatoms. The molecule has 2 heterocycles. The number of hydrogen-bond donors (Lipinski definition) is 1. The molecule has 0 fully saturated rings. The third-order valence-corrected chi connectivity index (χ3v) is 5.45. The molecule has 1 amide bonds. The van der Waals surface area contributed by atoms with Crippen LogP contribution in [-0.4, -0.2) is 16.6 Å². The highest BCUT2D eigenvalue weighted by Crippen LogP contribution is 2.34. The number of aromatic nitrogens is 1. The molecule has 4 rings (SSSR count). The fourth-order valence-electron chi connectivity index (χ4n) is 3.35. The zero-order valence-corrected chi connectivity index (χ0v) is 17.4. The number of pyridine rings is 1. The number of carbonyl (C=O) groups excluding carboxylic acids is 1. The molecular formula is C24H22ClN3O. The van der Waals surface area contributed by atoms with Gasteiger partial charge in [0, 0.05) is 22.5 Å². The Morgan fingerprint density at radius 2 is 1.83 bits per heavy atom. The van der Waals surface area contributed by atoms with Crippen LogP contribution in [-0.2, 0) is 4.79 Å². The molecule has 0 spiro atoms. The molecule has 1 aliphatic rings. The molecule has 0 radical (unpaired) electrons. The highest BCUT2D eigenvalue weighted by atomic mass is 35.5. The zero-order chi connectivity index (χ0) is 20.5. The van der Waals surface area contributed by atoms with Gasteiger partial charge in [0.15, 0.2) is 0 Å². The van der Waals surface area contributed by atoms with Crippen LogP contribution in [0.3, 0.4) is 0 Å².